The summed E-state index contributed by atoms with van der Waals surface area (Å²) in [5.74, 6) is -3.65. The van der Waals surface area contributed by atoms with Gasteiger partial charge in [0.1, 0.15) is 23.7 Å². The third-order valence-electron chi connectivity index (χ3n) is 7.05. The molecule has 0 saturated heterocycles. The van der Waals surface area contributed by atoms with Crippen molar-refractivity contribution in [2.75, 3.05) is 6.61 Å². The van der Waals surface area contributed by atoms with E-state index in [0.717, 1.165) is 11.6 Å². The minimum absolute atomic E-state index is 0.00997. The Bertz CT molecular complexity index is 1540. The van der Waals surface area contributed by atoms with Crippen LogP contribution in [0, 0.1) is 18.7 Å². The van der Waals surface area contributed by atoms with Gasteiger partial charge in [-0.25, -0.2) is 9.18 Å². The van der Waals surface area contributed by atoms with Crippen molar-refractivity contribution < 1.29 is 37.6 Å². The van der Waals surface area contributed by atoms with Crippen molar-refractivity contribution in [3.8, 4) is 0 Å². The Morgan fingerprint density at radius 2 is 1.66 bits per heavy atom. The van der Waals surface area contributed by atoms with Gasteiger partial charge in [0.05, 0.1) is 6.61 Å². The summed E-state index contributed by atoms with van der Waals surface area (Å²) in [6.07, 6.45) is 2.99. The zero-order valence-corrected chi connectivity index (χ0v) is 26.5. The predicted molar refractivity (Wildman–Crippen MR) is 170 cm³/mol. The maximum absolute atomic E-state index is 13.6. The van der Waals surface area contributed by atoms with Gasteiger partial charge in [0.25, 0.3) is 5.91 Å². The van der Waals surface area contributed by atoms with E-state index < -0.39 is 53.5 Å². The van der Waals surface area contributed by atoms with Crippen molar-refractivity contribution in [3.05, 3.63) is 101 Å². The van der Waals surface area contributed by atoms with Crippen molar-refractivity contribution in [2.45, 2.75) is 64.6 Å². The van der Waals surface area contributed by atoms with Gasteiger partial charge in [-0.1, -0.05) is 67.5 Å². The van der Waals surface area contributed by atoms with Crippen molar-refractivity contribution in [1.82, 2.24) is 21.1 Å². The Hall–Kier alpha value is -5.33. The maximum atomic E-state index is 13.6. The molecular formula is C34H40FN5O7. The average molecular weight is 650 g/mol. The molecule has 12 nitrogen and oxygen atoms in total. The smallest absolute Gasteiger partial charge is 0.330 e. The number of carbonyl (C=O) groups is 5. The molecule has 1 aromatic heterocycles. The lowest BCUT2D eigenvalue weighted by Crippen LogP contribution is -2.56. The van der Waals surface area contributed by atoms with Crippen molar-refractivity contribution in [1.29, 1.82) is 0 Å². The summed E-state index contributed by atoms with van der Waals surface area (Å²) in [7, 11) is 0. The van der Waals surface area contributed by atoms with E-state index in [2.05, 4.69) is 21.1 Å². The molecule has 0 fully saturated rings. The number of nitrogens with one attached hydrogen (secondary N) is 3. The molecule has 0 aliphatic rings. The molecule has 0 saturated carbocycles. The molecule has 13 heteroatoms. The number of primary amides is 1. The molecule has 0 radical (unpaired) electrons. The minimum atomic E-state index is -1.19. The van der Waals surface area contributed by atoms with Crippen LogP contribution in [0.3, 0.4) is 0 Å². The van der Waals surface area contributed by atoms with Crippen LogP contribution in [0.4, 0.5) is 4.39 Å². The molecule has 0 unspecified atom stereocenters. The number of hydrogen-bond donors (Lipinski definition) is 4. The first kappa shape index (κ1) is 36.1. The Labute approximate surface area is 272 Å². The zero-order valence-electron chi connectivity index (χ0n) is 26.5. The van der Waals surface area contributed by atoms with Gasteiger partial charge in [0.2, 0.25) is 17.7 Å². The molecule has 0 aliphatic heterocycles. The fourth-order valence-corrected chi connectivity index (χ4v) is 4.51. The highest BCUT2D eigenvalue weighted by molar-refractivity contribution is 5.97. The number of benzene rings is 2. The number of nitrogens with two attached hydrogens (primary N) is 1. The maximum Gasteiger partial charge on any atom is 0.330 e. The first-order valence-electron chi connectivity index (χ1n) is 15.2. The van der Waals surface area contributed by atoms with Gasteiger partial charge >= 0.3 is 5.97 Å². The molecular weight excluding hydrogens is 609 g/mol. The zero-order chi connectivity index (χ0) is 34.3. The molecule has 47 heavy (non-hydrogen) atoms. The van der Waals surface area contributed by atoms with E-state index >= 15 is 0 Å². The van der Waals surface area contributed by atoms with Crippen LogP contribution in [0.5, 0.6) is 0 Å². The summed E-state index contributed by atoms with van der Waals surface area (Å²) in [5.41, 5.74) is 6.86. The summed E-state index contributed by atoms with van der Waals surface area (Å²) < 4.78 is 23.8. The lowest BCUT2D eigenvalue weighted by molar-refractivity contribution is -0.137. The fraction of sp³-hybridized carbons (Fsp3) is 0.353. The number of esters is 1. The molecule has 0 spiro atoms. The minimum Gasteiger partial charge on any atom is -0.462 e. The van der Waals surface area contributed by atoms with Crippen LogP contribution in [0.2, 0.25) is 0 Å². The van der Waals surface area contributed by atoms with Crippen LogP contribution < -0.4 is 21.7 Å². The highest BCUT2D eigenvalue weighted by Gasteiger charge is 2.30. The molecule has 3 aromatic rings. The quantitative estimate of drug-likeness (QED) is 0.127. The number of aromatic nitrogens is 1. The fourth-order valence-electron chi connectivity index (χ4n) is 4.51. The van der Waals surface area contributed by atoms with E-state index in [9.17, 15) is 28.4 Å². The lowest BCUT2D eigenvalue weighted by atomic mass is 10.00. The highest BCUT2D eigenvalue weighted by atomic mass is 19.1. The van der Waals surface area contributed by atoms with Crippen molar-refractivity contribution in [2.24, 2.45) is 11.7 Å². The van der Waals surface area contributed by atoms with Crippen LogP contribution in [-0.4, -0.2) is 59.5 Å². The first-order valence-corrected chi connectivity index (χ1v) is 15.2. The third-order valence-corrected chi connectivity index (χ3v) is 7.05. The van der Waals surface area contributed by atoms with Crippen LogP contribution >= 0.6 is 0 Å². The van der Waals surface area contributed by atoms with Gasteiger partial charge in [-0.15, -0.1) is 0 Å². The second kappa shape index (κ2) is 18.0. The predicted octanol–water partition coefficient (Wildman–Crippen LogP) is 2.70. The number of amides is 4. The number of hydrogen-bond acceptors (Lipinski definition) is 8. The van der Waals surface area contributed by atoms with Crippen LogP contribution in [0.25, 0.3) is 0 Å². The van der Waals surface area contributed by atoms with Gasteiger partial charge in [0, 0.05) is 37.4 Å². The molecule has 0 bridgehead atoms. The number of carbonyl (C=O) groups excluding carboxylic acids is 5. The third kappa shape index (κ3) is 12.5. The average Bonchev–Trinajstić information content (AvgIpc) is 3.48. The summed E-state index contributed by atoms with van der Waals surface area (Å²) >= 11 is 0. The number of aryl methyl sites for hydroxylation is 1. The van der Waals surface area contributed by atoms with Crippen LogP contribution in [0.15, 0.2) is 77.3 Å². The van der Waals surface area contributed by atoms with Crippen molar-refractivity contribution >= 4 is 29.6 Å². The SMILES string of the molecule is Cc1cc(C(=O)N[C@H](C(=O)N[C@@H](Cc2ccc(F)cc2)C(=O)N[C@H](/C=C/C(=O)OCCc2ccccc2)CCC(N)=O)C(C)C)no1. The van der Waals surface area contributed by atoms with E-state index in [1.54, 1.807) is 20.8 Å². The molecule has 5 N–H and O–H groups in total. The summed E-state index contributed by atoms with van der Waals surface area (Å²) in [6.45, 7) is 5.20. The normalized spacial score (nSPS) is 13.0. The van der Waals surface area contributed by atoms with Crippen molar-refractivity contribution in [3.63, 3.8) is 0 Å². The van der Waals surface area contributed by atoms with Gasteiger partial charge in [-0.2, -0.15) is 0 Å². The monoisotopic (exact) mass is 649 g/mol. The Morgan fingerprint density at radius 3 is 2.28 bits per heavy atom. The Kier molecular flexibility index (Phi) is 13.8. The Balaban J connectivity index is 1.74. The molecule has 3 atom stereocenters. The highest BCUT2D eigenvalue weighted by Crippen LogP contribution is 2.11. The van der Waals surface area contributed by atoms with Gasteiger partial charge in [-0.05, 0) is 42.5 Å². The summed E-state index contributed by atoms with van der Waals surface area (Å²) in [4.78, 5) is 63.8. The molecule has 3 rings (SSSR count). The Morgan fingerprint density at radius 1 is 0.957 bits per heavy atom. The lowest BCUT2D eigenvalue weighted by Gasteiger charge is -2.26. The van der Waals surface area contributed by atoms with Gasteiger partial charge < -0.3 is 30.9 Å². The van der Waals surface area contributed by atoms with Crippen LogP contribution in [0.1, 0.15) is 54.1 Å². The molecule has 1 heterocycles. The number of halogens is 1. The molecule has 0 aliphatic carbocycles. The molecule has 4 amide bonds. The van der Waals surface area contributed by atoms with E-state index in [-0.39, 0.29) is 37.5 Å². The van der Waals surface area contributed by atoms with E-state index in [1.165, 1.54) is 36.4 Å². The number of rotatable bonds is 17. The second-order valence-corrected chi connectivity index (χ2v) is 11.3. The topological polar surface area (TPSA) is 183 Å². The van der Waals surface area contributed by atoms with Gasteiger partial charge in [-0.3, -0.25) is 19.2 Å². The van der Waals surface area contributed by atoms with Gasteiger partial charge in [0.15, 0.2) is 5.69 Å². The summed E-state index contributed by atoms with van der Waals surface area (Å²) in [5, 5.41) is 11.7. The largest absolute Gasteiger partial charge is 0.462 e. The number of nitrogens with zero attached hydrogens (tertiary/aromatic N) is 1. The van der Waals surface area contributed by atoms with E-state index in [1.807, 2.05) is 30.3 Å². The number of ether oxygens (including phenoxy) is 1. The van der Waals surface area contributed by atoms with Crippen LogP contribution in [-0.2, 0) is 36.8 Å². The second-order valence-electron chi connectivity index (χ2n) is 11.3. The van der Waals surface area contributed by atoms with E-state index in [0.29, 0.717) is 17.7 Å². The van der Waals surface area contributed by atoms with E-state index in [4.69, 9.17) is 15.0 Å². The molecule has 250 valence electrons. The molecule has 2 aromatic carbocycles. The first-order chi connectivity index (χ1) is 22.4. The summed E-state index contributed by atoms with van der Waals surface area (Å²) in [6, 6.07) is 13.2. The standard InChI is InChI=1S/C34H40FN5O7/c1-21(2)31(39-33(44)28-19-22(3)47-40-28)34(45)38-27(20-24-9-11-25(35)12-10-24)32(43)37-26(13-15-29(36)41)14-16-30(42)46-18-17-23-7-5-4-6-8-23/h4-12,14,16,19,21,26-27,31H,13,15,17-18,20H2,1-3H3,(H2,36,41)(H,37,43)(H,38,45)(H,39,44)/b16-14+/t26-,27-,31-/m0/s1.